The third kappa shape index (κ3) is 6.30. The highest BCUT2D eigenvalue weighted by Crippen LogP contribution is 2.54. The van der Waals surface area contributed by atoms with E-state index in [0.717, 1.165) is 6.42 Å². The zero-order chi connectivity index (χ0) is 26.6. The molecule has 0 aliphatic carbocycles. The maximum Gasteiger partial charge on any atom is 0.280 e. The smallest absolute Gasteiger partial charge is 0.280 e. The first-order chi connectivity index (χ1) is 17.0. The summed E-state index contributed by atoms with van der Waals surface area (Å²) in [5.41, 5.74) is 0.135. The summed E-state index contributed by atoms with van der Waals surface area (Å²) in [5, 5.41) is 11.3. The van der Waals surface area contributed by atoms with Crippen molar-refractivity contribution >= 4 is 31.4 Å². The van der Waals surface area contributed by atoms with Gasteiger partial charge >= 0.3 is 0 Å². The number of amides is 1. The summed E-state index contributed by atoms with van der Waals surface area (Å²) in [5.74, 6) is -0.453. The third-order valence-corrected chi connectivity index (χ3v) is 8.07. The number of nitrogens with zero attached hydrogens (tertiary/aromatic N) is 4. The lowest BCUT2D eigenvalue weighted by Crippen LogP contribution is -2.47. The van der Waals surface area contributed by atoms with Gasteiger partial charge in [0.15, 0.2) is 19.5 Å². The van der Waals surface area contributed by atoms with E-state index in [0.29, 0.717) is 25.3 Å². The minimum absolute atomic E-state index is 0.0252. The molecular weight excluding hydrogens is 483 g/mol. The van der Waals surface area contributed by atoms with E-state index in [1.807, 2.05) is 4.57 Å². The van der Waals surface area contributed by atoms with Crippen molar-refractivity contribution in [3.8, 4) is 6.07 Å². The Bertz CT molecular complexity index is 1150. The Morgan fingerprint density at radius 1 is 1.44 bits per heavy atom. The molecular formula is C24H37N6O5P. The molecule has 2 aromatic rings. The molecule has 0 saturated carbocycles. The molecule has 3 rings (SSSR count). The number of hydrogen-bond donors (Lipinski definition) is 2. The number of nitriles is 1. The quantitative estimate of drug-likeness (QED) is 0.371. The lowest BCUT2D eigenvalue weighted by Gasteiger charge is -2.44. The molecule has 1 aliphatic rings. The summed E-state index contributed by atoms with van der Waals surface area (Å²) in [7, 11) is -1.31. The van der Waals surface area contributed by atoms with E-state index in [1.165, 1.54) is 0 Å². The van der Waals surface area contributed by atoms with Gasteiger partial charge in [-0.3, -0.25) is 19.9 Å². The van der Waals surface area contributed by atoms with E-state index >= 15 is 0 Å². The molecule has 198 valence electrons. The van der Waals surface area contributed by atoms with Crippen LogP contribution in [-0.4, -0.2) is 56.0 Å². The molecule has 1 aliphatic heterocycles. The average Bonchev–Trinajstić information content (AvgIpc) is 3.22. The van der Waals surface area contributed by atoms with Crippen molar-refractivity contribution in [2.45, 2.75) is 84.7 Å². The summed E-state index contributed by atoms with van der Waals surface area (Å²) < 4.78 is 20.7. The molecule has 3 heterocycles. The molecule has 2 aromatic heterocycles. The number of rotatable bonds is 9. The largest absolute Gasteiger partial charge is 0.373 e. The molecule has 5 unspecified atom stereocenters. The van der Waals surface area contributed by atoms with Crippen molar-refractivity contribution in [2.75, 3.05) is 18.5 Å². The van der Waals surface area contributed by atoms with E-state index in [4.69, 9.17) is 19.0 Å². The highest BCUT2D eigenvalue weighted by atomic mass is 31.2. The number of fused-ring (bicyclic) bond motifs is 1. The predicted octanol–water partition coefficient (Wildman–Crippen LogP) is 4.13. The van der Waals surface area contributed by atoms with Gasteiger partial charge in [-0.1, -0.05) is 48.5 Å². The van der Waals surface area contributed by atoms with Gasteiger partial charge in [0.1, 0.15) is 0 Å². The van der Waals surface area contributed by atoms with Crippen molar-refractivity contribution in [1.82, 2.24) is 19.5 Å². The lowest BCUT2D eigenvalue weighted by molar-refractivity contribution is -0.118. The molecule has 1 saturated heterocycles. The second kappa shape index (κ2) is 11.8. The van der Waals surface area contributed by atoms with E-state index < -0.39 is 13.9 Å². The van der Waals surface area contributed by atoms with Crippen LogP contribution in [0.25, 0.3) is 11.2 Å². The molecule has 11 nitrogen and oxygen atoms in total. The molecule has 0 radical (unpaired) electrons. The van der Waals surface area contributed by atoms with Gasteiger partial charge in [0.05, 0.1) is 50.3 Å². The number of aromatic nitrogens is 4. The number of anilines is 1. The van der Waals surface area contributed by atoms with Gasteiger partial charge < -0.3 is 18.4 Å². The first-order valence-electron chi connectivity index (χ1n) is 12.3. The number of hydrogen-bond acceptors (Lipinski definition) is 8. The first-order valence-corrected chi connectivity index (χ1v) is 13.5. The van der Waals surface area contributed by atoms with Crippen molar-refractivity contribution in [1.29, 1.82) is 5.26 Å². The van der Waals surface area contributed by atoms with Gasteiger partial charge in [-0.05, 0) is 6.42 Å². The van der Waals surface area contributed by atoms with Gasteiger partial charge in [0, 0.05) is 17.0 Å². The van der Waals surface area contributed by atoms with Crippen LogP contribution in [0.4, 0.5) is 5.95 Å². The summed E-state index contributed by atoms with van der Waals surface area (Å²) in [6, 6.07) is 1.90. The zero-order valence-electron chi connectivity index (χ0n) is 22.1. The Morgan fingerprint density at radius 2 is 2.17 bits per heavy atom. The SMILES string of the molecule is CCC1OCC(n2cnc3c(=O)[nH]c(NC(=O)C(C)C)nc32)C(C)C1OP(OCCC#N)C(C)(C)C. The topological polar surface area (TPSA) is 144 Å². The standard InChI is InChI=1S/C24H37N6O5P/c1-8-17-19(35-36(24(5,6)7)34-11-9-10-25)15(4)16(12-33-17)30-13-26-18-20(30)27-23(29-22(18)32)28-21(31)14(2)3/h13-17,19H,8-9,11-12H2,1-7H3,(H2,27,28,29,31,32). The highest BCUT2D eigenvalue weighted by Gasteiger charge is 2.43. The number of nitrogens with one attached hydrogen (secondary N) is 2. The molecule has 0 aromatic carbocycles. The fraction of sp³-hybridized carbons (Fsp3) is 0.708. The van der Waals surface area contributed by atoms with E-state index in [9.17, 15) is 9.59 Å². The van der Waals surface area contributed by atoms with Crippen LogP contribution in [0.5, 0.6) is 0 Å². The maximum absolute atomic E-state index is 12.7. The van der Waals surface area contributed by atoms with Crippen LogP contribution < -0.4 is 10.9 Å². The molecule has 36 heavy (non-hydrogen) atoms. The minimum Gasteiger partial charge on any atom is -0.373 e. The molecule has 5 atom stereocenters. The summed E-state index contributed by atoms with van der Waals surface area (Å²) in [6.07, 6.45) is 2.24. The molecule has 12 heteroatoms. The Morgan fingerprint density at radius 3 is 2.78 bits per heavy atom. The average molecular weight is 521 g/mol. The van der Waals surface area contributed by atoms with Crippen LogP contribution in [0.1, 0.15) is 67.3 Å². The minimum atomic E-state index is -1.31. The van der Waals surface area contributed by atoms with Crippen LogP contribution >= 0.6 is 8.38 Å². The second-order valence-corrected chi connectivity index (χ2v) is 12.7. The predicted molar refractivity (Wildman–Crippen MR) is 138 cm³/mol. The highest BCUT2D eigenvalue weighted by molar-refractivity contribution is 7.49. The summed E-state index contributed by atoms with van der Waals surface area (Å²) in [4.78, 5) is 36.2. The van der Waals surface area contributed by atoms with Crippen molar-refractivity contribution in [3.05, 3.63) is 16.7 Å². The van der Waals surface area contributed by atoms with Gasteiger partial charge in [-0.15, -0.1) is 0 Å². The Labute approximate surface area is 212 Å². The maximum atomic E-state index is 12.7. The van der Waals surface area contributed by atoms with E-state index in [1.54, 1.807) is 20.2 Å². The third-order valence-electron chi connectivity index (χ3n) is 6.12. The van der Waals surface area contributed by atoms with Crippen LogP contribution in [0.2, 0.25) is 0 Å². The number of carbonyl (C=O) groups is 1. The molecule has 0 spiro atoms. The van der Waals surface area contributed by atoms with Crippen LogP contribution in [0.3, 0.4) is 0 Å². The first kappa shape index (κ1) is 28.2. The fourth-order valence-electron chi connectivity index (χ4n) is 4.03. The number of carbonyl (C=O) groups excluding carboxylic acids is 1. The second-order valence-electron chi connectivity index (χ2n) is 10.3. The van der Waals surface area contributed by atoms with Crippen molar-refractivity contribution in [3.63, 3.8) is 0 Å². The van der Waals surface area contributed by atoms with E-state index in [2.05, 4.69) is 61.0 Å². The number of ether oxygens (including phenoxy) is 1. The number of imidazole rings is 1. The van der Waals surface area contributed by atoms with Gasteiger partial charge in [0.2, 0.25) is 11.9 Å². The van der Waals surface area contributed by atoms with Crippen molar-refractivity contribution < 1.29 is 18.6 Å². The van der Waals surface area contributed by atoms with Crippen molar-refractivity contribution in [2.24, 2.45) is 11.8 Å². The fourth-order valence-corrected chi connectivity index (χ4v) is 5.60. The van der Waals surface area contributed by atoms with Gasteiger partial charge in [0.25, 0.3) is 5.56 Å². The Balaban J connectivity index is 1.93. The summed E-state index contributed by atoms with van der Waals surface area (Å²) >= 11 is 0. The van der Waals surface area contributed by atoms with Gasteiger partial charge in [-0.25, -0.2) is 4.98 Å². The van der Waals surface area contributed by atoms with E-state index in [-0.39, 0.29) is 52.6 Å². The Kier molecular flexibility index (Phi) is 9.23. The van der Waals surface area contributed by atoms with Crippen LogP contribution in [0, 0.1) is 23.2 Å². The zero-order valence-corrected chi connectivity index (χ0v) is 23.0. The van der Waals surface area contributed by atoms with Crippen LogP contribution in [-0.2, 0) is 18.6 Å². The Hall–Kier alpha value is -2.38. The van der Waals surface area contributed by atoms with Gasteiger partial charge in [-0.2, -0.15) is 10.2 Å². The monoisotopic (exact) mass is 520 g/mol. The molecule has 2 N–H and O–H groups in total. The number of H-pyrrole nitrogens is 1. The molecule has 1 fully saturated rings. The number of aromatic amines is 1. The molecule has 1 amide bonds. The summed E-state index contributed by atoms with van der Waals surface area (Å²) in [6.45, 7) is 14.6. The molecule has 0 bridgehead atoms. The van der Waals surface area contributed by atoms with Crippen LogP contribution in [0.15, 0.2) is 11.1 Å². The normalized spacial score (nSPS) is 23.5. The lowest BCUT2D eigenvalue weighted by atomic mass is 9.88.